The highest BCUT2D eigenvalue weighted by Gasteiger charge is 1.93. The van der Waals surface area contributed by atoms with Crippen molar-refractivity contribution in [2.45, 2.75) is 0 Å². The van der Waals surface area contributed by atoms with Gasteiger partial charge in [0.25, 0.3) is 0 Å². The zero-order chi connectivity index (χ0) is 12.1. The number of hydrogen-bond donors (Lipinski definition) is 0. The number of halogens is 1. The van der Waals surface area contributed by atoms with Crippen LogP contribution in [0.3, 0.4) is 0 Å². The normalized spacial score (nSPS) is 10.7. The van der Waals surface area contributed by atoms with Crippen LogP contribution in [0.2, 0.25) is 5.02 Å². The number of methoxy groups -OCH3 is 1. The molecular formula is C14H12ClNO. The van der Waals surface area contributed by atoms with Crippen molar-refractivity contribution in [3.63, 3.8) is 0 Å². The van der Waals surface area contributed by atoms with Crippen molar-refractivity contribution in [3.05, 3.63) is 59.1 Å². The molecule has 0 aromatic heterocycles. The second-order valence-corrected chi connectivity index (χ2v) is 3.95. The highest BCUT2D eigenvalue weighted by molar-refractivity contribution is 6.30. The maximum absolute atomic E-state index is 5.80. The summed E-state index contributed by atoms with van der Waals surface area (Å²) in [7, 11) is 1.65. The molecule has 0 spiro atoms. The first-order chi connectivity index (χ1) is 8.28. The van der Waals surface area contributed by atoms with E-state index >= 15 is 0 Å². The topological polar surface area (TPSA) is 21.6 Å². The molecule has 0 radical (unpaired) electrons. The molecule has 0 aliphatic heterocycles. The molecule has 2 rings (SSSR count). The van der Waals surface area contributed by atoms with Crippen molar-refractivity contribution in [2.24, 2.45) is 4.99 Å². The molecule has 0 atom stereocenters. The lowest BCUT2D eigenvalue weighted by atomic mass is 10.2. The number of hydrogen-bond acceptors (Lipinski definition) is 2. The lowest BCUT2D eigenvalue weighted by Crippen LogP contribution is -1.85. The second kappa shape index (κ2) is 5.51. The van der Waals surface area contributed by atoms with Gasteiger partial charge in [0.15, 0.2) is 0 Å². The van der Waals surface area contributed by atoms with Crippen LogP contribution >= 0.6 is 11.6 Å². The summed E-state index contributed by atoms with van der Waals surface area (Å²) < 4.78 is 5.14. The predicted octanol–water partition coefficient (Wildman–Crippen LogP) is 4.10. The molecule has 17 heavy (non-hydrogen) atoms. The van der Waals surface area contributed by atoms with E-state index in [-0.39, 0.29) is 0 Å². The molecule has 3 heteroatoms. The molecule has 2 nitrogen and oxygen atoms in total. The fourth-order valence-electron chi connectivity index (χ4n) is 1.40. The predicted molar refractivity (Wildman–Crippen MR) is 71.7 cm³/mol. The van der Waals surface area contributed by atoms with Gasteiger partial charge in [0.05, 0.1) is 12.8 Å². The van der Waals surface area contributed by atoms with E-state index in [1.54, 1.807) is 13.3 Å². The molecule has 86 valence electrons. The first-order valence-corrected chi connectivity index (χ1v) is 5.59. The molecule has 0 aliphatic rings. The highest BCUT2D eigenvalue weighted by Crippen LogP contribution is 2.17. The van der Waals surface area contributed by atoms with Crippen LogP contribution in [0.15, 0.2) is 53.5 Å². The summed E-state index contributed by atoms with van der Waals surface area (Å²) in [5.74, 6) is 0.824. The number of rotatable bonds is 3. The van der Waals surface area contributed by atoms with E-state index in [1.165, 1.54) is 0 Å². The largest absolute Gasteiger partial charge is 0.497 e. The molecule has 0 saturated heterocycles. The number of aliphatic imine (C=N–C) groups is 1. The Bertz CT molecular complexity index is 520. The quantitative estimate of drug-likeness (QED) is 0.746. The maximum atomic E-state index is 5.80. The Balaban J connectivity index is 2.16. The van der Waals surface area contributed by atoms with Crippen LogP contribution in [0.25, 0.3) is 0 Å². The Morgan fingerprint density at radius 2 is 1.88 bits per heavy atom. The van der Waals surface area contributed by atoms with Crippen LogP contribution in [0, 0.1) is 0 Å². The zero-order valence-electron chi connectivity index (χ0n) is 9.43. The number of nitrogens with zero attached hydrogens (tertiary/aromatic N) is 1. The molecule has 2 aromatic carbocycles. The first-order valence-electron chi connectivity index (χ1n) is 5.21. The van der Waals surface area contributed by atoms with Gasteiger partial charge in [0, 0.05) is 11.2 Å². The third kappa shape index (κ3) is 3.33. The fourth-order valence-corrected chi connectivity index (χ4v) is 1.52. The van der Waals surface area contributed by atoms with Crippen molar-refractivity contribution in [2.75, 3.05) is 7.11 Å². The standard InChI is InChI=1S/C14H12ClNO/c1-17-14-4-2-3-11(9-14)10-16-13-7-5-12(15)6-8-13/h2-10H,1H3. The third-order valence-corrected chi connectivity index (χ3v) is 2.54. The van der Waals surface area contributed by atoms with Gasteiger partial charge in [0.2, 0.25) is 0 Å². The summed E-state index contributed by atoms with van der Waals surface area (Å²) in [5.41, 5.74) is 1.87. The van der Waals surface area contributed by atoms with E-state index in [4.69, 9.17) is 16.3 Å². The van der Waals surface area contributed by atoms with Gasteiger partial charge < -0.3 is 4.74 Å². The molecule has 0 aliphatic carbocycles. The molecule has 0 N–H and O–H groups in total. The molecule has 0 bridgehead atoms. The van der Waals surface area contributed by atoms with Gasteiger partial charge in [-0.25, -0.2) is 0 Å². The molecular weight excluding hydrogens is 234 g/mol. The van der Waals surface area contributed by atoms with Crippen LogP contribution in [0.1, 0.15) is 5.56 Å². The van der Waals surface area contributed by atoms with E-state index < -0.39 is 0 Å². The average Bonchev–Trinajstić information content (AvgIpc) is 2.38. The van der Waals surface area contributed by atoms with E-state index in [9.17, 15) is 0 Å². The Hall–Kier alpha value is -1.80. The molecule has 0 fully saturated rings. The minimum Gasteiger partial charge on any atom is -0.497 e. The van der Waals surface area contributed by atoms with Crippen LogP contribution in [-0.2, 0) is 0 Å². The summed E-state index contributed by atoms with van der Waals surface area (Å²) >= 11 is 5.80. The Kier molecular flexibility index (Phi) is 3.78. The molecule has 0 saturated carbocycles. The summed E-state index contributed by atoms with van der Waals surface area (Å²) in [6.07, 6.45) is 1.80. The summed E-state index contributed by atoms with van der Waals surface area (Å²) in [4.78, 5) is 4.35. The van der Waals surface area contributed by atoms with Crippen molar-refractivity contribution in [1.82, 2.24) is 0 Å². The van der Waals surface area contributed by atoms with Gasteiger partial charge in [-0.1, -0.05) is 23.7 Å². The summed E-state index contributed by atoms with van der Waals surface area (Å²) in [6, 6.07) is 15.1. The van der Waals surface area contributed by atoms with Crippen LogP contribution in [0.4, 0.5) is 5.69 Å². The molecule has 0 amide bonds. The fraction of sp³-hybridized carbons (Fsp3) is 0.0714. The van der Waals surface area contributed by atoms with E-state index in [0.717, 1.165) is 17.0 Å². The van der Waals surface area contributed by atoms with Crippen LogP contribution < -0.4 is 4.74 Å². The maximum Gasteiger partial charge on any atom is 0.119 e. The molecule has 2 aromatic rings. The Labute approximate surface area is 106 Å². The van der Waals surface area contributed by atoms with Crippen molar-refractivity contribution in [3.8, 4) is 5.75 Å². The smallest absolute Gasteiger partial charge is 0.119 e. The van der Waals surface area contributed by atoms with Gasteiger partial charge in [-0.05, 0) is 42.0 Å². The SMILES string of the molecule is COc1cccc(C=Nc2ccc(Cl)cc2)c1. The highest BCUT2D eigenvalue weighted by atomic mass is 35.5. The van der Waals surface area contributed by atoms with Gasteiger partial charge >= 0.3 is 0 Å². The first kappa shape index (κ1) is 11.7. The van der Waals surface area contributed by atoms with E-state index in [0.29, 0.717) is 5.02 Å². The van der Waals surface area contributed by atoms with Gasteiger partial charge in [-0.15, -0.1) is 0 Å². The molecule has 0 heterocycles. The monoisotopic (exact) mass is 245 g/mol. The van der Waals surface area contributed by atoms with Crippen molar-refractivity contribution >= 4 is 23.5 Å². The minimum atomic E-state index is 0.713. The summed E-state index contributed by atoms with van der Waals surface area (Å²) in [6.45, 7) is 0. The van der Waals surface area contributed by atoms with E-state index in [2.05, 4.69) is 4.99 Å². The number of benzene rings is 2. The van der Waals surface area contributed by atoms with Crippen molar-refractivity contribution in [1.29, 1.82) is 0 Å². The number of ether oxygens (including phenoxy) is 1. The van der Waals surface area contributed by atoms with Gasteiger partial charge in [-0.3, -0.25) is 4.99 Å². The zero-order valence-corrected chi connectivity index (χ0v) is 10.2. The lowest BCUT2D eigenvalue weighted by molar-refractivity contribution is 0.415. The van der Waals surface area contributed by atoms with Crippen LogP contribution in [0.5, 0.6) is 5.75 Å². The average molecular weight is 246 g/mol. The lowest BCUT2D eigenvalue weighted by Gasteiger charge is -1.99. The minimum absolute atomic E-state index is 0.713. The molecule has 0 unspecified atom stereocenters. The second-order valence-electron chi connectivity index (χ2n) is 3.51. The van der Waals surface area contributed by atoms with Gasteiger partial charge in [0.1, 0.15) is 5.75 Å². The van der Waals surface area contributed by atoms with Gasteiger partial charge in [-0.2, -0.15) is 0 Å². The Morgan fingerprint density at radius 1 is 1.12 bits per heavy atom. The summed E-state index contributed by atoms with van der Waals surface area (Å²) in [5, 5.41) is 0.713. The third-order valence-electron chi connectivity index (χ3n) is 2.28. The van der Waals surface area contributed by atoms with E-state index in [1.807, 2.05) is 48.5 Å². The van der Waals surface area contributed by atoms with Crippen molar-refractivity contribution < 1.29 is 4.74 Å². The Morgan fingerprint density at radius 3 is 2.59 bits per heavy atom. The van der Waals surface area contributed by atoms with Crippen LogP contribution in [-0.4, -0.2) is 13.3 Å².